The lowest BCUT2D eigenvalue weighted by Crippen LogP contribution is -2.72. The average Bonchev–Trinajstić information content (AvgIpc) is 3.08. The standard InChI is InChI=1S/C28H38O7/c1-13-10-20(35-25(33)14(13)2)15(3)26(4)18-6-7-19-17(16(18)11-23(26)31)12-24(32)28(34)22(30)9-8-21(29)27(19,28)5/h8-9,15,17,19-20,22-24,30-32,34H,6-7,10-12H2,1-5H3/t15-,17+,19+,20-,22+,23-,24+,26+,27+,28-/m1/s1. The summed E-state index contributed by atoms with van der Waals surface area (Å²) in [5.74, 6) is -1.14. The number of cyclic esters (lactones) is 1. The monoisotopic (exact) mass is 486 g/mol. The lowest BCUT2D eigenvalue weighted by Gasteiger charge is -2.60. The second-order valence-corrected chi connectivity index (χ2v) is 12.0. The van der Waals surface area contributed by atoms with Gasteiger partial charge in [0, 0.05) is 23.3 Å². The summed E-state index contributed by atoms with van der Waals surface area (Å²) in [6, 6.07) is 0. The minimum Gasteiger partial charge on any atom is -0.458 e. The summed E-state index contributed by atoms with van der Waals surface area (Å²) in [6.07, 6.45) is 1.56. The fourth-order valence-electron chi connectivity index (χ4n) is 8.22. The van der Waals surface area contributed by atoms with Gasteiger partial charge in [-0.2, -0.15) is 0 Å². The van der Waals surface area contributed by atoms with Gasteiger partial charge >= 0.3 is 5.97 Å². The van der Waals surface area contributed by atoms with Crippen LogP contribution in [-0.2, 0) is 14.3 Å². The molecule has 0 bridgehead atoms. The molecule has 0 aromatic rings. The predicted molar refractivity (Wildman–Crippen MR) is 128 cm³/mol. The van der Waals surface area contributed by atoms with E-state index >= 15 is 0 Å². The quantitative estimate of drug-likeness (QED) is 0.349. The number of ether oxygens (including phenoxy) is 1. The van der Waals surface area contributed by atoms with Gasteiger partial charge < -0.3 is 25.2 Å². The van der Waals surface area contributed by atoms with Crippen molar-refractivity contribution in [3.8, 4) is 0 Å². The van der Waals surface area contributed by atoms with Gasteiger partial charge in [-0.25, -0.2) is 4.79 Å². The molecule has 1 heterocycles. The molecule has 7 nitrogen and oxygen atoms in total. The highest BCUT2D eigenvalue weighted by molar-refractivity contribution is 5.97. The van der Waals surface area contributed by atoms with E-state index in [1.54, 1.807) is 13.8 Å². The van der Waals surface area contributed by atoms with Gasteiger partial charge in [-0.15, -0.1) is 0 Å². The maximum absolute atomic E-state index is 13.2. The fourth-order valence-corrected chi connectivity index (χ4v) is 8.22. The van der Waals surface area contributed by atoms with Crippen LogP contribution in [0.4, 0.5) is 0 Å². The molecule has 0 spiro atoms. The number of rotatable bonds is 2. The molecule has 1 saturated carbocycles. The maximum Gasteiger partial charge on any atom is 0.333 e. The van der Waals surface area contributed by atoms with Crippen molar-refractivity contribution in [3.05, 3.63) is 34.4 Å². The number of carbonyl (C=O) groups is 2. The third-order valence-corrected chi connectivity index (χ3v) is 10.9. The molecule has 0 amide bonds. The first-order chi connectivity index (χ1) is 16.3. The molecule has 1 fully saturated rings. The van der Waals surface area contributed by atoms with Gasteiger partial charge in [0.1, 0.15) is 17.8 Å². The number of hydrogen-bond acceptors (Lipinski definition) is 7. The van der Waals surface area contributed by atoms with Crippen molar-refractivity contribution in [1.29, 1.82) is 0 Å². The topological polar surface area (TPSA) is 124 Å². The van der Waals surface area contributed by atoms with Gasteiger partial charge in [0.15, 0.2) is 5.78 Å². The van der Waals surface area contributed by atoms with Crippen molar-refractivity contribution in [2.24, 2.45) is 28.6 Å². The Balaban J connectivity index is 1.53. The predicted octanol–water partition coefficient (Wildman–Crippen LogP) is 2.37. The minimum absolute atomic E-state index is 0.129. The van der Waals surface area contributed by atoms with E-state index in [2.05, 4.69) is 6.92 Å². The van der Waals surface area contributed by atoms with Gasteiger partial charge in [-0.1, -0.05) is 30.6 Å². The number of ketones is 1. The van der Waals surface area contributed by atoms with E-state index in [0.717, 1.165) is 16.7 Å². The Morgan fingerprint density at radius 2 is 1.77 bits per heavy atom. The molecule has 7 heteroatoms. The minimum atomic E-state index is -1.94. The number of aliphatic hydroxyl groups excluding tert-OH is 3. The zero-order valence-corrected chi connectivity index (χ0v) is 21.2. The van der Waals surface area contributed by atoms with Crippen molar-refractivity contribution in [1.82, 2.24) is 0 Å². The average molecular weight is 487 g/mol. The molecule has 0 unspecified atom stereocenters. The molecule has 5 aliphatic rings. The molecule has 35 heavy (non-hydrogen) atoms. The summed E-state index contributed by atoms with van der Waals surface area (Å²) in [6.45, 7) is 9.50. The lowest BCUT2D eigenvalue weighted by atomic mass is 9.46. The first kappa shape index (κ1) is 24.9. The Labute approximate surface area is 206 Å². The Morgan fingerprint density at radius 1 is 1.09 bits per heavy atom. The first-order valence-electron chi connectivity index (χ1n) is 12.9. The normalized spacial score (nSPS) is 48.4. The van der Waals surface area contributed by atoms with Crippen LogP contribution in [0.25, 0.3) is 0 Å². The highest BCUT2D eigenvalue weighted by Gasteiger charge is 2.69. The molecule has 5 rings (SSSR count). The number of allylic oxidation sites excluding steroid dienone is 1. The zero-order chi connectivity index (χ0) is 25.7. The Morgan fingerprint density at radius 3 is 2.43 bits per heavy atom. The van der Waals surface area contributed by atoms with Gasteiger partial charge in [0.05, 0.1) is 17.6 Å². The second-order valence-electron chi connectivity index (χ2n) is 12.0. The SMILES string of the molecule is CC1=C(C)C(=O)O[C@@H]([C@@H](C)[C@@]2(C)C3=C(C[C@H]2O)[C@@H]2C[C@H](O)[C@]4(O)[C@@H](O)C=CC(=O)[C@]4(C)[C@H]2CC3)C1. The number of aliphatic hydroxyl groups is 4. The molecule has 10 atom stereocenters. The zero-order valence-electron chi connectivity index (χ0n) is 21.2. The summed E-state index contributed by atoms with van der Waals surface area (Å²) in [7, 11) is 0. The number of esters is 1. The third-order valence-electron chi connectivity index (χ3n) is 10.9. The van der Waals surface area contributed by atoms with Crippen molar-refractivity contribution < 1.29 is 34.8 Å². The third kappa shape index (κ3) is 2.98. The molecule has 4 aliphatic carbocycles. The van der Waals surface area contributed by atoms with Gasteiger partial charge in [-0.3, -0.25) is 4.79 Å². The summed E-state index contributed by atoms with van der Waals surface area (Å²) in [4.78, 5) is 25.6. The van der Waals surface area contributed by atoms with Crippen LogP contribution in [0.2, 0.25) is 0 Å². The van der Waals surface area contributed by atoms with Crippen molar-refractivity contribution in [2.45, 2.75) is 96.7 Å². The molecular formula is C28H38O7. The summed E-state index contributed by atoms with van der Waals surface area (Å²) >= 11 is 0. The van der Waals surface area contributed by atoms with E-state index in [1.165, 1.54) is 12.2 Å². The van der Waals surface area contributed by atoms with Gasteiger partial charge in [0.2, 0.25) is 0 Å². The summed E-state index contributed by atoms with van der Waals surface area (Å²) in [5, 5.41) is 44.7. The van der Waals surface area contributed by atoms with Crippen LogP contribution in [0.5, 0.6) is 0 Å². The highest BCUT2D eigenvalue weighted by atomic mass is 16.5. The molecule has 0 saturated heterocycles. The number of hydrogen-bond donors (Lipinski definition) is 4. The summed E-state index contributed by atoms with van der Waals surface area (Å²) < 4.78 is 5.80. The van der Waals surface area contributed by atoms with E-state index in [0.29, 0.717) is 31.3 Å². The molecule has 1 aliphatic heterocycles. The lowest BCUT2D eigenvalue weighted by molar-refractivity contribution is -0.242. The number of carbonyl (C=O) groups excluding carboxylic acids is 2. The smallest absolute Gasteiger partial charge is 0.333 e. The molecule has 0 radical (unpaired) electrons. The van der Waals surface area contributed by atoms with Crippen molar-refractivity contribution in [2.75, 3.05) is 0 Å². The van der Waals surface area contributed by atoms with E-state index in [9.17, 15) is 30.0 Å². The van der Waals surface area contributed by atoms with Crippen LogP contribution in [0, 0.1) is 28.6 Å². The van der Waals surface area contributed by atoms with Crippen LogP contribution < -0.4 is 0 Å². The van der Waals surface area contributed by atoms with Gasteiger partial charge in [-0.05, 0) is 70.4 Å². The van der Waals surface area contributed by atoms with Crippen LogP contribution >= 0.6 is 0 Å². The molecular weight excluding hydrogens is 448 g/mol. The Bertz CT molecular complexity index is 1070. The van der Waals surface area contributed by atoms with E-state index in [-0.39, 0.29) is 42.0 Å². The second kappa shape index (κ2) is 7.85. The maximum atomic E-state index is 13.2. The van der Waals surface area contributed by atoms with Crippen LogP contribution in [0.3, 0.4) is 0 Å². The Kier molecular flexibility index (Phi) is 5.58. The molecule has 0 aromatic carbocycles. The van der Waals surface area contributed by atoms with Gasteiger partial charge in [0.25, 0.3) is 0 Å². The molecule has 4 N–H and O–H groups in total. The first-order valence-corrected chi connectivity index (χ1v) is 12.9. The fraction of sp³-hybridized carbons (Fsp3) is 0.714. The van der Waals surface area contributed by atoms with E-state index < -0.39 is 34.7 Å². The largest absolute Gasteiger partial charge is 0.458 e. The van der Waals surface area contributed by atoms with E-state index in [4.69, 9.17) is 4.74 Å². The van der Waals surface area contributed by atoms with Crippen molar-refractivity contribution in [3.63, 3.8) is 0 Å². The molecule has 192 valence electrons. The van der Waals surface area contributed by atoms with Crippen LogP contribution in [0.1, 0.15) is 66.7 Å². The van der Waals surface area contributed by atoms with Crippen molar-refractivity contribution >= 4 is 11.8 Å². The number of fused-ring (bicyclic) bond motifs is 4. The van der Waals surface area contributed by atoms with Crippen LogP contribution in [-0.4, -0.2) is 62.2 Å². The Hall–Kier alpha value is -1.80. The van der Waals surface area contributed by atoms with Crippen LogP contribution in [0.15, 0.2) is 34.4 Å². The highest BCUT2D eigenvalue weighted by Crippen LogP contribution is 2.64. The summed E-state index contributed by atoms with van der Waals surface area (Å²) in [5.41, 5.74) is -0.00719. The van der Waals surface area contributed by atoms with E-state index in [1.807, 2.05) is 13.8 Å². The molecule has 0 aromatic heterocycles.